The third kappa shape index (κ3) is 5.77. The first kappa shape index (κ1) is 22.2. The number of benzene rings is 2. The van der Waals surface area contributed by atoms with Gasteiger partial charge >= 0.3 is 12.1 Å². The van der Waals surface area contributed by atoms with Crippen molar-refractivity contribution in [3.63, 3.8) is 0 Å². The second-order valence-electron chi connectivity index (χ2n) is 8.37. The maximum Gasteiger partial charge on any atom is 0.407 e. The molecule has 1 aliphatic rings. The number of fused-ring (bicyclic) bond motifs is 3. The van der Waals surface area contributed by atoms with E-state index in [9.17, 15) is 9.59 Å². The molecule has 0 unspecified atom stereocenters. The highest BCUT2D eigenvalue weighted by Crippen LogP contribution is 2.44. The molecule has 162 valence electrons. The normalized spacial score (nSPS) is 13.4. The van der Waals surface area contributed by atoms with Gasteiger partial charge in [0.25, 0.3) is 0 Å². The van der Waals surface area contributed by atoms with Crippen LogP contribution in [0.25, 0.3) is 21.6 Å². The Morgan fingerprint density at radius 2 is 1.68 bits per heavy atom. The number of hydrogen-bond acceptors (Lipinski definition) is 5. The zero-order valence-electron chi connectivity index (χ0n) is 17.9. The number of carbonyl (C=O) groups excluding carboxylic acids is 2. The van der Waals surface area contributed by atoms with Crippen molar-refractivity contribution in [3.8, 4) is 11.1 Å². The zero-order valence-corrected chi connectivity index (χ0v) is 17.9. The quantitative estimate of drug-likeness (QED) is 0.295. The number of nitrogens with zero attached hydrogens (tertiary/aromatic N) is 3. The Bertz CT molecular complexity index is 963. The van der Waals surface area contributed by atoms with Crippen molar-refractivity contribution in [1.82, 2.24) is 5.32 Å². The molecule has 0 heterocycles. The van der Waals surface area contributed by atoms with E-state index in [2.05, 4.69) is 27.5 Å². The van der Waals surface area contributed by atoms with Gasteiger partial charge in [0.05, 0.1) is 6.42 Å². The van der Waals surface area contributed by atoms with Gasteiger partial charge in [-0.25, -0.2) is 4.79 Å². The van der Waals surface area contributed by atoms with Gasteiger partial charge in [0.15, 0.2) is 0 Å². The Morgan fingerprint density at radius 1 is 1.10 bits per heavy atom. The summed E-state index contributed by atoms with van der Waals surface area (Å²) < 4.78 is 10.8. The van der Waals surface area contributed by atoms with E-state index in [-0.39, 0.29) is 25.5 Å². The van der Waals surface area contributed by atoms with E-state index >= 15 is 0 Å². The minimum absolute atomic E-state index is 0.0698. The molecule has 0 saturated carbocycles. The van der Waals surface area contributed by atoms with E-state index in [0.29, 0.717) is 0 Å². The van der Waals surface area contributed by atoms with Gasteiger partial charge in [-0.2, -0.15) is 0 Å². The van der Waals surface area contributed by atoms with Crippen LogP contribution in [0.2, 0.25) is 0 Å². The van der Waals surface area contributed by atoms with Crippen LogP contribution in [0.1, 0.15) is 44.2 Å². The van der Waals surface area contributed by atoms with Crippen molar-refractivity contribution in [1.29, 1.82) is 0 Å². The summed E-state index contributed by atoms with van der Waals surface area (Å²) in [6.07, 6.45) is -0.802. The van der Waals surface area contributed by atoms with Crippen LogP contribution in [-0.2, 0) is 14.3 Å². The summed E-state index contributed by atoms with van der Waals surface area (Å²) in [6.45, 7) is 5.34. The summed E-state index contributed by atoms with van der Waals surface area (Å²) >= 11 is 0. The molecule has 0 saturated heterocycles. The lowest BCUT2D eigenvalue weighted by molar-refractivity contribution is -0.155. The summed E-state index contributed by atoms with van der Waals surface area (Å²) in [5.74, 6) is -0.566. The Labute approximate surface area is 181 Å². The van der Waals surface area contributed by atoms with E-state index in [1.165, 1.54) is 0 Å². The molecule has 0 aromatic heterocycles. The van der Waals surface area contributed by atoms with Gasteiger partial charge in [0.2, 0.25) is 0 Å². The number of azide groups is 1. The second kappa shape index (κ2) is 9.53. The average Bonchev–Trinajstić information content (AvgIpc) is 3.03. The summed E-state index contributed by atoms with van der Waals surface area (Å²) in [7, 11) is 0. The highest BCUT2D eigenvalue weighted by atomic mass is 16.6. The van der Waals surface area contributed by atoms with Gasteiger partial charge in [-0.3, -0.25) is 4.79 Å². The Kier molecular flexibility index (Phi) is 6.82. The average molecular weight is 422 g/mol. The first-order valence-corrected chi connectivity index (χ1v) is 10.1. The molecular weight excluding hydrogens is 396 g/mol. The van der Waals surface area contributed by atoms with Gasteiger partial charge < -0.3 is 14.8 Å². The summed E-state index contributed by atoms with van der Waals surface area (Å²) in [5.41, 5.74) is 12.4. The second-order valence-corrected chi connectivity index (χ2v) is 8.37. The minimum atomic E-state index is -0.721. The largest absolute Gasteiger partial charge is 0.460 e. The van der Waals surface area contributed by atoms with Crippen molar-refractivity contribution < 1.29 is 19.1 Å². The van der Waals surface area contributed by atoms with E-state index in [1.807, 2.05) is 36.4 Å². The van der Waals surface area contributed by atoms with Crippen LogP contribution in [0.4, 0.5) is 4.79 Å². The Morgan fingerprint density at radius 3 is 2.23 bits per heavy atom. The van der Waals surface area contributed by atoms with Crippen molar-refractivity contribution in [2.24, 2.45) is 5.11 Å². The molecule has 3 rings (SSSR count). The minimum Gasteiger partial charge on any atom is -0.460 e. The van der Waals surface area contributed by atoms with Crippen LogP contribution in [-0.4, -0.2) is 36.9 Å². The standard InChI is InChI=1S/C23H26N4O4/c1-23(2,3)31-21(28)12-15(13-25-27-24)26-22(29)30-14-20-18-10-6-4-8-16(18)17-9-5-7-11-19(17)20/h4-11,15,20H,12-14H2,1-3H3,(H,26,29)/t15-/m0/s1. The summed E-state index contributed by atoms with van der Waals surface area (Å²) in [5, 5.41) is 6.09. The van der Waals surface area contributed by atoms with Crippen molar-refractivity contribution in [3.05, 3.63) is 70.1 Å². The number of rotatable bonds is 7. The molecule has 1 N–H and O–H groups in total. The lowest BCUT2D eigenvalue weighted by Gasteiger charge is -2.22. The lowest BCUT2D eigenvalue weighted by atomic mass is 9.98. The molecule has 1 aliphatic carbocycles. The van der Waals surface area contributed by atoms with Crippen LogP contribution >= 0.6 is 0 Å². The molecule has 31 heavy (non-hydrogen) atoms. The lowest BCUT2D eigenvalue weighted by Crippen LogP contribution is -2.40. The molecule has 1 amide bonds. The van der Waals surface area contributed by atoms with Gasteiger partial charge in [-0.05, 0) is 48.6 Å². The molecule has 1 atom stereocenters. The van der Waals surface area contributed by atoms with E-state index in [0.717, 1.165) is 22.3 Å². The SMILES string of the molecule is CC(C)(C)OC(=O)C[C@@H](CN=[N+]=[N-])NC(=O)OCC1c2ccccc2-c2ccccc21. The maximum absolute atomic E-state index is 12.4. The maximum atomic E-state index is 12.4. The number of alkyl carbamates (subject to hydrolysis) is 1. The Balaban J connectivity index is 1.64. The van der Waals surface area contributed by atoms with Crippen LogP contribution in [0, 0.1) is 0 Å². The first-order valence-electron chi connectivity index (χ1n) is 10.1. The van der Waals surface area contributed by atoms with Crippen LogP contribution < -0.4 is 5.32 Å². The molecule has 0 radical (unpaired) electrons. The molecule has 8 nitrogen and oxygen atoms in total. The molecule has 2 aromatic carbocycles. The summed E-state index contributed by atoms with van der Waals surface area (Å²) in [6, 6.07) is 15.4. The van der Waals surface area contributed by atoms with Crippen molar-refractivity contribution in [2.45, 2.75) is 44.8 Å². The number of hydrogen-bond donors (Lipinski definition) is 1. The van der Waals surface area contributed by atoms with Crippen LogP contribution in [0.15, 0.2) is 53.6 Å². The molecule has 2 aromatic rings. The predicted molar refractivity (Wildman–Crippen MR) is 116 cm³/mol. The molecule has 0 fully saturated rings. The monoisotopic (exact) mass is 422 g/mol. The third-order valence-electron chi connectivity index (χ3n) is 4.86. The summed E-state index contributed by atoms with van der Waals surface area (Å²) in [4.78, 5) is 27.3. The smallest absolute Gasteiger partial charge is 0.407 e. The molecule has 0 aliphatic heterocycles. The van der Waals surface area contributed by atoms with E-state index in [4.69, 9.17) is 15.0 Å². The first-order chi connectivity index (χ1) is 14.8. The van der Waals surface area contributed by atoms with Crippen molar-refractivity contribution in [2.75, 3.05) is 13.2 Å². The number of carbonyl (C=O) groups is 2. The fraction of sp³-hybridized carbons (Fsp3) is 0.391. The molecule has 0 spiro atoms. The van der Waals surface area contributed by atoms with Crippen molar-refractivity contribution >= 4 is 12.1 Å². The topological polar surface area (TPSA) is 113 Å². The van der Waals surface area contributed by atoms with Crippen LogP contribution in [0.5, 0.6) is 0 Å². The van der Waals surface area contributed by atoms with Gasteiger partial charge in [0, 0.05) is 23.4 Å². The van der Waals surface area contributed by atoms with Crippen LogP contribution in [0.3, 0.4) is 0 Å². The van der Waals surface area contributed by atoms with E-state index in [1.54, 1.807) is 20.8 Å². The highest BCUT2D eigenvalue weighted by molar-refractivity contribution is 5.79. The molecule has 8 heteroatoms. The Hall–Kier alpha value is -3.51. The predicted octanol–water partition coefficient (Wildman–Crippen LogP) is 4.94. The number of ether oxygens (including phenoxy) is 2. The van der Waals surface area contributed by atoms with Gasteiger partial charge in [0.1, 0.15) is 12.2 Å². The molecular formula is C23H26N4O4. The van der Waals surface area contributed by atoms with Gasteiger partial charge in [-0.15, -0.1) is 0 Å². The van der Waals surface area contributed by atoms with E-state index < -0.39 is 23.7 Å². The fourth-order valence-corrected chi connectivity index (χ4v) is 3.69. The van der Waals surface area contributed by atoms with Gasteiger partial charge in [-0.1, -0.05) is 53.6 Å². The number of nitrogens with one attached hydrogen (secondary N) is 1. The highest BCUT2D eigenvalue weighted by Gasteiger charge is 2.29. The number of esters is 1. The third-order valence-corrected chi connectivity index (χ3v) is 4.86. The number of amides is 1. The zero-order chi connectivity index (χ0) is 22.4. The fourth-order valence-electron chi connectivity index (χ4n) is 3.69. The molecule has 0 bridgehead atoms.